The van der Waals surface area contributed by atoms with Crippen LogP contribution in [-0.2, 0) is 10.5 Å². The van der Waals surface area contributed by atoms with Gasteiger partial charge in [-0.2, -0.15) is 5.26 Å². The Morgan fingerprint density at radius 3 is 2.69 bits per heavy atom. The first-order chi connectivity index (χ1) is 12.6. The topological polar surface area (TPSA) is 62.1 Å². The number of allylic oxidation sites excluding steroid dienone is 1. The van der Waals surface area contributed by atoms with E-state index >= 15 is 0 Å². The van der Waals surface area contributed by atoms with Gasteiger partial charge in [0.05, 0.1) is 23.8 Å². The third kappa shape index (κ3) is 4.04. The molecule has 26 heavy (non-hydrogen) atoms. The van der Waals surface area contributed by atoms with Gasteiger partial charge in [0, 0.05) is 28.7 Å². The summed E-state index contributed by atoms with van der Waals surface area (Å²) in [6.45, 7) is 0. The molecule has 2 aromatic carbocycles. The Kier molecular flexibility index (Phi) is 5.87. The highest BCUT2D eigenvalue weighted by Crippen LogP contribution is 2.40. The number of benzene rings is 2. The predicted molar refractivity (Wildman–Crippen MR) is 104 cm³/mol. The lowest BCUT2D eigenvalue weighted by molar-refractivity contribution is -0.120. The van der Waals surface area contributed by atoms with Gasteiger partial charge in [0.1, 0.15) is 5.75 Å². The summed E-state index contributed by atoms with van der Waals surface area (Å²) in [5.41, 5.74) is 2.48. The van der Waals surface area contributed by atoms with E-state index in [-0.39, 0.29) is 18.2 Å². The molecule has 3 rings (SSSR count). The van der Waals surface area contributed by atoms with Crippen LogP contribution < -0.4 is 10.1 Å². The minimum atomic E-state index is -0.308. The number of nitrogens with zero attached hydrogens (tertiary/aromatic N) is 1. The molecule has 1 unspecified atom stereocenters. The zero-order valence-corrected chi connectivity index (χ0v) is 15.7. The summed E-state index contributed by atoms with van der Waals surface area (Å²) in [5.74, 6) is 0.912. The Bertz CT molecular complexity index is 887. The maximum Gasteiger partial charge on any atom is 0.225 e. The maximum atomic E-state index is 12.2. The Balaban J connectivity index is 1.91. The van der Waals surface area contributed by atoms with Gasteiger partial charge in [-0.25, -0.2) is 0 Å². The van der Waals surface area contributed by atoms with Gasteiger partial charge >= 0.3 is 0 Å². The van der Waals surface area contributed by atoms with Crippen molar-refractivity contribution in [2.24, 2.45) is 0 Å². The average molecular weight is 385 g/mol. The molecule has 6 heteroatoms. The third-order valence-electron chi connectivity index (χ3n) is 4.17. The second-order valence-electron chi connectivity index (χ2n) is 5.82. The fraction of sp³-hybridized carbons (Fsp3) is 0.200. The molecule has 0 aromatic heterocycles. The summed E-state index contributed by atoms with van der Waals surface area (Å²) in [4.78, 5) is 12.2. The second kappa shape index (κ2) is 8.31. The summed E-state index contributed by atoms with van der Waals surface area (Å²) < 4.78 is 5.42. The Morgan fingerprint density at radius 1 is 1.27 bits per heavy atom. The van der Waals surface area contributed by atoms with Crippen molar-refractivity contribution in [2.75, 3.05) is 7.11 Å². The number of nitrogens with one attached hydrogen (secondary N) is 1. The molecule has 0 fully saturated rings. The molecule has 1 N–H and O–H groups in total. The highest BCUT2D eigenvalue weighted by molar-refractivity contribution is 8.02. The van der Waals surface area contributed by atoms with Crippen LogP contribution in [-0.4, -0.2) is 13.0 Å². The number of rotatable bonds is 5. The fourth-order valence-electron chi connectivity index (χ4n) is 2.89. The summed E-state index contributed by atoms with van der Waals surface area (Å²) >= 11 is 7.36. The van der Waals surface area contributed by atoms with Gasteiger partial charge in [-0.3, -0.25) is 4.79 Å². The van der Waals surface area contributed by atoms with Crippen LogP contribution in [0.2, 0.25) is 5.02 Å². The van der Waals surface area contributed by atoms with E-state index in [4.69, 9.17) is 16.3 Å². The zero-order chi connectivity index (χ0) is 18.5. The van der Waals surface area contributed by atoms with E-state index in [0.29, 0.717) is 27.1 Å². The molecule has 0 bridgehead atoms. The van der Waals surface area contributed by atoms with E-state index in [1.54, 1.807) is 7.11 Å². The normalized spacial score (nSPS) is 16.8. The number of hydrogen-bond donors (Lipinski definition) is 1. The van der Waals surface area contributed by atoms with Crippen molar-refractivity contribution in [1.82, 2.24) is 5.32 Å². The van der Waals surface area contributed by atoms with E-state index in [1.165, 1.54) is 11.8 Å². The molecular weight excluding hydrogens is 368 g/mol. The van der Waals surface area contributed by atoms with E-state index in [1.807, 2.05) is 48.5 Å². The molecule has 2 aromatic rings. The monoisotopic (exact) mass is 384 g/mol. The number of nitriles is 1. The lowest BCUT2D eigenvalue weighted by Crippen LogP contribution is -2.31. The zero-order valence-electron chi connectivity index (χ0n) is 14.2. The number of halogens is 1. The van der Waals surface area contributed by atoms with Crippen LogP contribution in [0.25, 0.3) is 0 Å². The van der Waals surface area contributed by atoms with E-state index < -0.39 is 0 Å². The lowest BCUT2D eigenvalue weighted by Gasteiger charge is -2.26. The van der Waals surface area contributed by atoms with E-state index in [0.717, 1.165) is 11.1 Å². The van der Waals surface area contributed by atoms with Gasteiger partial charge in [-0.15, -0.1) is 11.8 Å². The number of thioether (sulfide) groups is 1. The molecule has 0 saturated carbocycles. The number of para-hydroxylation sites is 1. The Morgan fingerprint density at radius 2 is 2.00 bits per heavy atom. The van der Waals surface area contributed by atoms with Crippen LogP contribution in [0.4, 0.5) is 0 Å². The van der Waals surface area contributed by atoms with Crippen molar-refractivity contribution >= 4 is 29.3 Å². The van der Waals surface area contributed by atoms with E-state index in [9.17, 15) is 10.1 Å². The average Bonchev–Trinajstić information content (AvgIpc) is 2.67. The molecule has 4 nitrogen and oxygen atoms in total. The molecular formula is C20H17ClN2O2S. The van der Waals surface area contributed by atoms with Crippen molar-refractivity contribution in [3.05, 3.63) is 75.3 Å². The van der Waals surface area contributed by atoms with Crippen molar-refractivity contribution < 1.29 is 9.53 Å². The first-order valence-corrected chi connectivity index (χ1v) is 9.43. The van der Waals surface area contributed by atoms with Crippen LogP contribution in [0.3, 0.4) is 0 Å². The third-order valence-corrected chi connectivity index (χ3v) is 5.51. The minimum absolute atomic E-state index is 0.0986. The van der Waals surface area contributed by atoms with Gasteiger partial charge in [0.2, 0.25) is 5.91 Å². The van der Waals surface area contributed by atoms with Crippen molar-refractivity contribution in [3.8, 4) is 11.8 Å². The number of carbonyl (C=O) groups excluding carboxylic acids is 1. The minimum Gasteiger partial charge on any atom is -0.496 e. The van der Waals surface area contributed by atoms with E-state index in [2.05, 4.69) is 11.4 Å². The Hall–Kier alpha value is -2.42. The van der Waals surface area contributed by atoms with Crippen LogP contribution in [0.1, 0.15) is 23.5 Å². The summed E-state index contributed by atoms with van der Waals surface area (Å²) in [5, 5.41) is 13.9. The summed E-state index contributed by atoms with van der Waals surface area (Å²) in [7, 11) is 1.59. The quantitative estimate of drug-likeness (QED) is 0.816. The Labute approximate surface area is 161 Å². The standard InChI is InChI=1S/C20H17ClN2O2S/c1-25-18-5-3-2-4-15(18)16-10-19(24)23-20(17(16)11-22)26-12-13-6-8-14(21)9-7-13/h2-9,16H,10,12H2,1H3,(H,23,24). The van der Waals surface area contributed by atoms with Crippen LogP contribution in [0, 0.1) is 11.3 Å². The van der Waals surface area contributed by atoms with Crippen molar-refractivity contribution in [1.29, 1.82) is 5.26 Å². The molecule has 132 valence electrons. The first-order valence-electron chi connectivity index (χ1n) is 8.06. The second-order valence-corrected chi connectivity index (χ2v) is 7.24. The van der Waals surface area contributed by atoms with Gasteiger partial charge in [-0.05, 0) is 23.8 Å². The predicted octanol–water partition coefficient (Wildman–Crippen LogP) is 4.62. The molecule has 0 radical (unpaired) electrons. The highest BCUT2D eigenvalue weighted by Gasteiger charge is 2.31. The number of methoxy groups -OCH3 is 1. The van der Waals surface area contributed by atoms with Gasteiger partial charge in [-0.1, -0.05) is 41.9 Å². The SMILES string of the molecule is COc1ccccc1C1CC(=O)NC(SCc2ccc(Cl)cc2)=C1C#N. The van der Waals surface area contributed by atoms with Gasteiger partial charge in [0.25, 0.3) is 0 Å². The molecule has 1 amide bonds. The molecule has 1 aliphatic heterocycles. The molecule has 1 heterocycles. The van der Waals surface area contributed by atoms with Crippen LogP contribution in [0.5, 0.6) is 5.75 Å². The molecule has 0 aliphatic carbocycles. The van der Waals surface area contributed by atoms with Gasteiger partial charge < -0.3 is 10.1 Å². The number of ether oxygens (including phenoxy) is 1. The van der Waals surface area contributed by atoms with Crippen LogP contribution in [0.15, 0.2) is 59.1 Å². The number of hydrogen-bond acceptors (Lipinski definition) is 4. The number of carbonyl (C=O) groups is 1. The van der Waals surface area contributed by atoms with Crippen molar-refractivity contribution in [3.63, 3.8) is 0 Å². The summed E-state index contributed by atoms with van der Waals surface area (Å²) in [6.07, 6.45) is 0.230. The molecule has 1 atom stereocenters. The lowest BCUT2D eigenvalue weighted by atomic mass is 9.86. The number of amides is 1. The fourth-order valence-corrected chi connectivity index (χ4v) is 4.05. The molecule has 1 aliphatic rings. The highest BCUT2D eigenvalue weighted by atomic mass is 35.5. The molecule has 0 spiro atoms. The largest absolute Gasteiger partial charge is 0.496 e. The summed E-state index contributed by atoms with van der Waals surface area (Å²) in [6, 6.07) is 17.3. The van der Waals surface area contributed by atoms with Gasteiger partial charge in [0.15, 0.2) is 0 Å². The smallest absolute Gasteiger partial charge is 0.225 e. The maximum absolute atomic E-state index is 12.2. The van der Waals surface area contributed by atoms with Crippen LogP contribution >= 0.6 is 23.4 Å². The van der Waals surface area contributed by atoms with Crippen molar-refractivity contribution in [2.45, 2.75) is 18.1 Å². The molecule has 0 saturated heterocycles. The first kappa shape index (κ1) is 18.4.